The third-order valence-corrected chi connectivity index (χ3v) is 5.97. The SMILES string of the molecule is C.Cc1cc(NC(=O)NCCN2CCC(O)(Cc3ccccc3)CC2)c2ccccc2n1. The maximum absolute atomic E-state index is 12.4. The molecular weight excluding hydrogens is 400 g/mol. The highest BCUT2D eigenvalue weighted by Crippen LogP contribution is 2.26. The first kappa shape index (κ1) is 23.7. The van der Waals surface area contributed by atoms with Gasteiger partial charge in [0.15, 0.2) is 0 Å². The van der Waals surface area contributed by atoms with Crippen LogP contribution in [0.1, 0.15) is 31.5 Å². The van der Waals surface area contributed by atoms with Crippen molar-refractivity contribution in [3.63, 3.8) is 0 Å². The van der Waals surface area contributed by atoms with E-state index in [1.807, 2.05) is 55.5 Å². The van der Waals surface area contributed by atoms with Gasteiger partial charge in [0.25, 0.3) is 0 Å². The average Bonchev–Trinajstić information content (AvgIpc) is 2.76. The number of fused-ring (bicyclic) bond motifs is 1. The Morgan fingerprint density at radius 2 is 1.78 bits per heavy atom. The van der Waals surface area contributed by atoms with E-state index in [4.69, 9.17) is 0 Å². The fourth-order valence-electron chi connectivity index (χ4n) is 4.25. The van der Waals surface area contributed by atoms with Crippen LogP contribution in [0.15, 0.2) is 60.7 Å². The summed E-state index contributed by atoms with van der Waals surface area (Å²) in [5.74, 6) is 0. The lowest BCUT2D eigenvalue weighted by Crippen LogP contribution is -2.47. The molecule has 1 aliphatic rings. The van der Waals surface area contributed by atoms with E-state index in [0.717, 1.165) is 54.8 Å². The number of amides is 2. The van der Waals surface area contributed by atoms with Crippen LogP contribution in [-0.2, 0) is 6.42 Å². The first-order valence-electron chi connectivity index (χ1n) is 10.9. The second kappa shape index (κ2) is 10.6. The molecule has 0 saturated carbocycles. The molecule has 6 nitrogen and oxygen atoms in total. The van der Waals surface area contributed by atoms with Gasteiger partial charge in [0.2, 0.25) is 0 Å². The maximum Gasteiger partial charge on any atom is 0.319 e. The van der Waals surface area contributed by atoms with Crippen LogP contribution < -0.4 is 10.6 Å². The molecule has 3 aromatic rings. The third-order valence-electron chi connectivity index (χ3n) is 5.97. The van der Waals surface area contributed by atoms with Crippen molar-refractivity contribution in [3.8, 4) is 0 Å². The summed E-state index contributed by atoms with van der Waals surface area (Å²) in [5, 5.41) is 17.7. The molecule has 0 radical (unpaired) electrons. The Balaban J connectivity index is 0.00000289. The molecule has 1 aliphatic heterocycles. The van der Waals surface area contributed by atoms with Crippen molar-refractivity contribution in [2.75, 3.05) is 31.5 Å². The van der Waals surface area contributed by atoms with Crippen molar-refractivity contribution < 1.29 is 9.90 Å². The topological polar surface area (TPSA) is 77.5 Å². The summed E-state index contributed by atoms with van der Waals surface area (Å²) < 4.78 is 0. The molecule has 4 rings (SSSR count). The third kappa shape index (κ3) is 6.05. The Bertz CT molecular complexity index is 1030. The van der Waals surface area contributed by atoms with Crippen molar-refractivity contribution in [1.29, 1.82) is 0 Å². The minimum atomic E-state index is -0.636. The van der Waals surface area contributed by atoms with Gasteiger partial charge in [-0.3, -0.25) is 4.98 Å². The average molecular weight is 435 g/mol. The molecule has 32 heavy (non-hydrogen) atoms. The smallest absolute Gasteiger partial charge is 0.319 e. The number of anilines is 1. The van der Waals surface area contributed by atoms with Gasteiger partial charge in [-0.25, -0.2) is 4.79 Å². The van der Waals surface area contributed by atoms with Gasteiger partial charge in [0, 0.05) is 43.7 Å². The Morgan fingerprint density at radius 1 is 1.09 bits per heavy atom. The Morgan fingerprint density at radius 3 is 2.53 bits per heavy atom. The predicted molar refractivity (Wildman–Crippen MR) is 131 cm³/mol. The number of para-hydroxylation sites is 1. The zero-order valence-corrected chi connectivity index (χ0v) is 18.0. The van der Waals surface area contributed by atoms with E-state index in [9.17, 15) is 9.90 Å². The number of benzene rings is 2. The Labute approximate surface area is 190 Å². The normalized spacial score (nSPS) is 15.7. The molecule has 1 saturated heterocycles. The number of aromatic nitrogens is 1. The molecule has 170 valence electrons. The van der Waals surface area contributed by atoms with E-state index in [0.29, 0.717) is 13.0 Å². The second-order valence-electron chi connectivity index (χ2n) is 8.44. The zero-order chi connectivity index (χ0) is 21.7. The zero-order valence-electron chi connectivity index (χ0n) is 18.0. The highest BCUT2D eigenvalue weighted by atomic mass is 16.3. The van der Waals surface area contributed by atoms with E-state index < -0.39 is 5.60 Å². The number of hydrogen-bond donors (Lipinski definition) is 3. The summed E-state index contributed by atoms with van der Waals surface area (Å²) in [4.78, 5) is 19.2. The number of nitrogens with one attached hydrogen (secondary N) is 2. The molecule has 2 amide bonds. The van der Waals surface area contributed by atoms with Crippen molar-refractivity contribution in [2.24, 2.45) is 0 Å². The quantitative estimate of drug-likeness (QED) is 0.538. The number of rotatable bonds is 6. The molecule has 6 heteroatoms. The molecule has 0 aliphatic carbocycles. The van der Waals surface area contributed by atoms with Gasteiger partial charge in [-0.1, -0.05) is 56.0 Å². The Kier molecular flexibility index (Phi) is 7.83. The molecule has 0 bridgehead atoms. The van der Waals surface area contributed by atoms with Gasteiger partial charge < -0.3 is 20.6 Å². The molecule has 3 N–H and O–H groups in total. The van der Waals surface area contributed by atoms with Crippen molar-refractivity contribution in [1.82, 2.24) is 15.2 Å². The van der Waals surface area contributed by atoms with Crippen LogP contribution in [0.3, 0.4) is 0 Å². The number of pyridine rings is 1. The van der Waals surface area contributed by atoms with Crippen molar-refractivity contribution in [3.05, 3.63) is 71.9 Å². The lowest BCUT2D eigenvalue weighted by atomic mass is 9.85. The fraction of sp³-hybridized carbons (Fsp3) is 0.385. The predicted octanol–water partition coefficient (Wildman–Crippen LogP) is 4.37. The summed E-state index contributed by atoms with van der Waals surface area (Å²) in [6.07, 6.45) is 2.19. The largest absolute Gasteiger partial charge is 0.389 e. The number of piperidine rings is 1. The van der Waals surface area contributed by atoms with Crippen LogP contribution >= 0.6 is 0 Å². The molecule has 0 unspecified atom stereocenters. The number of nitrogens with zero attached hydrogens (tertiary/aromatic N) is 2. The number of likely N-dealkylation sites (tertiary alicyclic amines) is 1. The van der Waals surface area contributed by atoms with Crippen LogP contribution in [-0.4, -0.2) is 52.8 Å². The molecule has 1 aromatic heterocycles. The molecule has 2 aromatic carbocycles. The van der Waals surface area contributed by atoms with Crippen LogP contribution in [0.4, 0.5) is 10.5 Å². The van der Waals surface area contributed by atoms with Gasteiger partial charge in [0.1, 0.15) is 0 Å². The van der Waals surface area contributed by atoms with Crippen molar-refractivity contribution >= 4 is 22.6 Å². The molecule has 1 fully saturated rings. The highest BCUT2D eigenvalue weighted by Gasteiger charge is 2.32. The standard InChI is InChI=1S/C25H30N4O2.CH4/c1-19-17-23(21-9-5-6-10-22(21)27-19)28-24(30)26-13-16-29-14-11-25(31,12-15-29)18-20-7-3-2-4-8-20;/h2-10,17,31H,11-16,18H2,1H3,(H2,26,27,28,30);1H4. The highest BCUT2D eigenvalue weighted by molar-refractivity contribution is 6.00. The monoisotopic (exact) mass is 434 g/mol. The lowest BCUT2D eigenvalue weighted by molar-refractivity contribution is -0.0201. The van der Waals surface area contributed by atoms with Gasteiger partial charge in [0.05, 0.1) is 16.8 Å². The lowest BCUT2D eigenvalue weighted by Gasteiger charge is -2.38. The summed E-state index contributed by atoms with van der Waals surface area (Å²) in [7, 11) is 0. The van der Waals surface area contributed by atoms with E-state index >= 15 is 0 Å². The first-order valence-corrected chi connectivity index (χ1v) is 10.9. The number of carbonyl (C=O) groups is 1. The maximum atomic E-state index is 12.4. The minimum Gasteiger partial charge on any atom is -0.389 e. The van der Waals surface area contributed by atoms with Crippen LogP contribution in [0.2, 0.25) is 0 Å². The van der Waals surface area contributed by atoms with E-state index in [1.54, 1.807) is 0 Å². The molecule has 0 spiro atoms. The summed E-state index contributed by atoms with van der Waals surface area (Å²) in [6.45, 7) is 4.92. The van der Waals surface area contributed by atoms with E-state index in [-0.39, 0.29) is 13.5 Å². The molecular formula is C26H34N4O2. The van der Waals surface area contributed by atoms with Gasteiger partial charge >= 0.3 is 6.03 Å². The second-order valence-corrected chi connectivity index (χ2v) is 8.44. The molecule has 2 heterocycles. The summed E-state index contributed by atoms with van der Waals surface area (Å²) >= 11 is 0. The summed E-state index contributed by atoms with van der Waals surface area (Å²) in [6, 6.07) is 19.6. The number of carbonyl (C=O) groups excluding carboxylic acids is 1. The van der Waals surface area contributed by atoms with Crippen molar-refractivity contribution in [2.45, 2.75) is 39.2 Å². The van der Waals surface area contributed by atoms with Gasteiger partial charge in [-0.15, -0.1) is 0 Å². The van der Waals surface area contributed by atoms with E-state index in [1.165, 1.54) is 5.56 Å². The molecule has 0 atom stereocenters. The number of urea groups is 1. The van der Waals surface area contributed by atoms with Crippen LogP contribution in [0.25, 0.3) is 10.9 Å². The fourth-order valence-corrected chi connectivity index (χ4v) is 4.25. The van der Waals surface area contributed by atoms with Crippen LogP contribution in [0, 0.1) is 6.92 Å². The number of aliphatic hydroxyl groups is 1. The number of aryl methyl sites for hydroxylation is 1. The van der Waals surface area contributed by atoms with Gasteiger partial charge in [-0.05, 0) is 37.5 Å². The minimum absolute atomic E-state index is 0. The van der Waals surface area contributed by atoms with Crippen LogP contribution in [0.5, 0.6) is 0 Å². The summed E-state index contributed by atoms with van der Waals surface area (Å²) in [5.41, 5.74) is 3.04. The van der Waals surface area contributed by atoms with E-state index in [2.05, 4.69) is 32.7 Å². The van der Waals surface area contributed by atoms with Gasteiger partial charge in [-0.2, -0.15) is 0 Å². The Hall–Kier alpha value is -2.96. The first-order chi connectivity index (χ1) is 15.0. The number of hydrogen-bond acceptors (Lipinski definition) is 4.